The molecular weight excluding hydrogens is 324 g/mol. The van der Waals surface area contributed by atoms with Gasteiger partial charge in [-0.2, -0.15) is 0 Å². The molecule has 2 heterocycles. The minimum absolute atomic E-state index is 0.276. The summed E-state index contributed by atoms with van der Waals surface area (Å²) in [7, 11) is 3.29. The predicted octanol–water partition coefficient (Wildman–Crippen LogP) is 3.44. The third-order valence-electron chi connectivity index (χ3n) is 4.06. The lowest BCUT2D eigenvalue weighted by molar-refractivity contribution is -0.0707. The maximum atomic E-state index is 5.79. The topological polar surface area (TPSA) is 43.8 Å². The van der Waals surface area contributed by atoms with Crippen LogP contribution in [0.5, 0.6) is 11.5 Å². The molecule has 1 aromatic heterocycles. The van der Waals surface area contributed by atoms with Gasteiger partial charge in [0.15, 0.2) is 11.5 Å². The van der Waals surface area contributed by atoms with Gasteiger partial charge in [0.05, 0.1) is 32.1 Å². The third kappa shape index (κ3) is 3.88. The number of hydrogen-bond donors (Lipinski definition) is 0. The van der Waals surface area contributed by atoms with E-state index in [4.69, 9.17) is 19.2 Å². The van der Waals surface area contributed by atoms with E-state index in [-0.39, 0.29) is 12.2 Å². The van der Waals surface area contributed by atoms with E-state index in [0.717, 1.165) is 47.4 Å². The Morgan fingerprint density at radius 2 is 1.88 bits per heavy atom. The molecule has 2 atom stereocenters. The van der Waals surface area contributed by atoms with Crippen LogP contribution in [0.25, 0.3) is 10.6 Å². The molecule has 1 saturated heterocycles. The van der Waals surface area contributed by atoms with Crippen LogP contribution in [-0.4, -0.2) is 49.4 Å². The molecule has 5 nitrogen and oxygen atoms in total. The Balaban J connectivity index is 1.73. The largest absolute Gasteiger partial charge is 0.493 e. The molecule has 0 amide bonds. The Kier molecular flexibility index (Phi) is 5.38. The van der Waals surface area contributed by atoms with E-state index >= 15 is 0 Å². The molecule has 0 spiro atoms. The van der Waals surface area contributed by atoms with Crippen LogP contribution in [0.2, 0.25) is 0 Å². The van der Waals surface area contributed by atoms with Crippen molar-refractivity contribution in [1.82, 2.24) is 9.88 Å². The summed E-state index contributed by atoms with van der Waals surface area (Å²) in [6.45, 7) is 7.01. The van der Waals surface area contributed by atoms with Crippen molar-refractivity contribution in [2.45, 2.75) is 32.6 Å². The van der Waals surface area contributed by atoms with Gasteiger partial charge in [0.1, 0.15) is 5.01 Å². The molecule has 0 bridgehead atoms. The van der Waals surface area contributed by atoms with E-state index in [1.807, 2.05) is 18.2 Å². The van der Waals surface area contributed by atoms with Crippen LogP contribution in [0.3, 0.4) is 0 Å². The van der Waals surface area contributed by atoms with Gasteiger partial charge in [-0.1, -0.05) is 0 Å². The average molecular weight is 348 g/mol. The highest BCUT2D eigenvalue weighted by Crippen LogP contribution is 2.33. The van der Waals surface area contributed by atoms with Gasteiger partial charge in [-0.3, -0.25) is 4.90 Å². The minimum atomic E-state index is 0.276. The van der Waals surface area contributed by atoms with Gasteiger partial charge in [0, 0.05) is 30.6 Å². The summed E-state index contributed by atoms with van der Waals surface area (Å²) in [6.07, 6.45) is 0.551. The van der Waals surface area contributed by atoms with Crippen LogP contribution in [0.15, 0.2) is 23.6 Å². The van der Waals surface area contributed by atoms with E-state index in [2.05, 4.69) is 24.1 Å². The normalized spacial score (nSPS) is 21.7. The molecule has 1 aliphatic heterocycles. The first-order valence-corrected chi connectivity index (χ1v) is 9.01. The van der Waals surface area contributed by atoms with Crippen LogP contribution in [0.1, 0.15) is 19.5 Å². The van der Waals surface area contributed by atoms with Gasteiger partial charge >= 0.3 is 0 Å². The van der Waals surface area contributed by atoms with Gasteiger partial charge in [0.25, 0.3) is 0 Å². The average Bonchev–Trinajstić information content (AvgIpc) is 3.01. The zero-order valence-corrected chi connectivity index (χ0v) is 15.4. The van der Waals surface area contributed by atoms with Crippen LogP contribution in [0.4, 0.5) is 0 Å². The van der Waals surface area contributed by atoms with Crippen LogP contribution in [0, 0.1) is 0 Å². The number of ether oxygens (including phenoxy) is 3. The molecule has 130 valence electrons. The number of methoxy groups -OCH3 is 2. The number of rotatable bonds is 5. The van der Waals surface area contributed by atoms with Crippen molar-refractivity contribution in [3.63, 3.8) is 0 Å². The summed E-state index contributed by atoms with van der Waals surface area (Å²) in [5.41, 5.74) is 2.15. The Morgan fingerprint density at radius 1 is 1.17 bits per heavy atom. The van der Waals surface area contributed by atoms with Gasteiger partial charge in [-0.25, -0.2) is 4.98 Å². The van der Waals surface area contributed by atoms with Gasteiger partial charge in [-0.05, 0) is 32.0 Å². The highest BCUT2D eigenvalue weighted by molar-refractivity contribution is 7.13. The first-order valence-electron chi connectivity index (χ1n) is 8.13. The van der Waals surface area contributed by atoms with Crippen molar-refractivity contribution in [2.75, 3.05) is 27.3 Å². The lowest BCUT2D eigenvalue weighted by Crippen LogP contribution is -2.44. The first kappa shape index (κ1) is 17.2. The van der Waals surface area contributed by atoms with E-state index in [0.29, 0.717) is 0 Å². The van der Waals surface area contributed by atoms with E-state index in [9.17, 15) is 0 Å². The van der Waals surface area contributed by atoms with E-state index in [1.165, 1.54) is 0 Å². The van der Waals surface area contributed by atoms with Crippen molar-refractivity contribution in [1.29, 1.82) is 0 Å². The van der Waals surface area contributed by atoms with Crippen molar-refractivity contribution >= 4 is 11.3 Å². The summed E-state index contributed by atoms with van der Waals surface area (Å²) < 4.78 is 16.5. The number of hydrogen-bond acceptors (Lipinski definition) is 6. The molecule has 3 rings (SSSR count). The molecule has 1 aromatic carbocycles. The summed E-state index contributed by atoms with van der Waals surface area (Å²) >= 11 is 1.66. The Hall–Kier alpha value is -1.63. The molecule has 2 aromatic rings. The fourth-order valence-electron chi connectivity index (χ4n) is 3.12. The molecular formula is C18H24N2O3S. The Morgan fingerprint density at radius 3 is 2.54 bits per heavy atom. The van der Waals surface area contributed by atoms with Crippen molar-refractivity contribution in [2.24, 2.45) is 0 Å². The highest BCUT2D eigenvalue weighted by atomic mass is 32.1. The number of thiazole rings is 1. The smallest absolute Gasteiger partial charge is 0.161 e. The maximum absolute atomic E-state index is 5.79. The Bertz CT molecular complexity index is 679. The quantitative estimate of drug-likeness (QED) is 0.828. The minimum Gasteiger partial charge on any atom is -0.493 e. The molecule has 1 aliphatic rings. The number of benzene rings is 1. The summed E-state index contributed by atoms with van der Waals surface area (Å²) in [6, 6.07) is 5.91. The standard InChI is InChI=1S/C18H24N2O3S/c1-12-8-20(9-13(2)23-12)10-15-11-24-18(19-15)14-5-6-16(21-3)17(7-14)22-4/h5-7,11-13H,8-10H2,1-4H3/t12-,13-/m1/s1. The predicted molar refractivity (Wildman–Crippen MR) is 95.9 cm³/mol. The van der Waals surface area contributed by atoms with Gasteiger partial charge in [0.2, 0.25) is 0 Å². The molecule has 0 unspecified atom stereocenters. The SMILES string of the molecule is COc1ccc(-c2nc(CN3C[C@@H](C)O[C@H](C)C3)cs2)cc1OC. The molecule has 24 heavy (non-hydrogen) atoms. The van der Waals surface area contributed by atoms with E-state index < -0.39 is 0 Å². The second-order valence-electron chi connectivity index (χ2n) is 6.17. The van der Waals surface area contributed by atoms with E-state index in [1.54, 1.807) is 25.6 Å². The second kappa shape index (κ2) is 7.51. The fraction of sp³-hybridized carbons (Fsp3) is 0.500. The second-order valence-corrected chi connectivity index (χ2v) is 7.02. The van der Waals surface area contributed by atoms with Gasteiger partial charge < -0.3 is 14.2 Å². The lowest BCUT2D eigenvalue weighted by Gasteiger charge is -2.34. The molecule has 0 saturated carbocycles. The molecule has 0 N–H and O–H groups in total. The molecule has 0 radical (unpaired) electrons. The van der Waals surface area contributed by atoms with Crippen molar-refractivity contribution in [3.8, 4) is 22.1 Å². The molecule has 6 heteroatoms. The van der Waals surface area contributed by atoms with Gasteiger partial charge in [-0.15, -0.1) is 11.3 Å². The van der Waals surface area contributed by atoms with Crippen molar-refractivity contribution in [3.05, 3.63) is 29.3 Å². The zero-order valence-electron chi connectivity index (χ0n) is 14.6. The summed E-state index contributed by atoms with van der Waals surface area (Å²) in [5, 5.41) is 3.14. The number of nitrogens with zero attached hydrogens (tertiary/aromatic N) is 2. The van der Waals surface area contributed by atoms with Crippen LogP contribution in [-0.2, 0) is 11.3 Å². The Labute approximate surface area is 147 Å². The fourth-order valence-corrected chi connectivity index (χ4v) is 3.93. The maximum Gasteiger partial charge on any atom is 0.161 e. The summed E-state index contributed by atoms with van der Waals surface area (Å²) in [4.78, 5) is 7.20. The first-order chi connectivity index (χ1) is 11.6. The monoisotopic (exact) mass is 348 g/mol. The number of aromatic nitrogens is 1. The summed E-state index contributed by atoms with van der Waals surface area (Å²) in [5.74, 6) is 1.46. The van der Waals surface area contributed by atoms with Crippen LogP contribution < -0.4 is 9.47 Å². The molecule has 1 fully saturated rings. The lowest BCUT2D eigenvalue weighted by atomic mass is 10.2. The zero-order chi connectivity index (χ0) is 17.1. The third-order valence-corrected chi connectivity index (χ3v) is 5.00. The van der Waals surface area contributed by atoms with Crippen molar-refractivity contribution < 1.29 is 14.2 Å². The highest BCUT2D eigenvalue weighted by Gasteiger charge is 2.22. The number of morpholine rings is 1. The van der Waals surface area contributed by atoms with Crippen LogP contribution >= 0.6 is 11.3 Å². The molecule has 0 aliphatic carbocycles.